The van der Waals surface area contributed by atoms with Gasteiger partial charge in [0.05, 0.1) is 32.8 Å². The normalized spacial score (nSPS) is 18.5. The first kappa shape index (κ1) is 52.0. The minimum absolute atomic E-state index is 0.00371. The predicted molar refractivity (Wildman–Crippen MR) is 234 cm³/mol. The lowest BCUT2D eigenvalue weighted by molar-refractivity contribution is -0.160. The summed E-state index contributed by atoms with van der Waals surface area (Å²) >= 11 is 0. The highest BCUT2D eigenvalue weighted by molar-refractivity contribution is 6.12. The second-order valence-corrected chi connectivity index (χ2v) is 20.0. The summed E-state index contributed by atoms with van der Waals surface area (Å²) in [7, 11) is 0. The molecule has 2 amide bonds. The van der Waals surface area contributed by atoms with Gasteiger partial charge in [-0.05, 0) is 114 Å². The van der Waals surface area contributed by atoms with Crippen LogP contribution in [0.4, 0.5) is 0 Å². The van der Waals surface area contributed by atoms with Gasteiger partial charge in [-0.15, -0.1) is 0 Å². The third-order valence-electron chi connectivity index (χ3n) is 9.31. The molecule has 0 saturated carbocycles. The van der Waals surface area contributed by atoms with Crippen LogP contribution in [0.1, 0.15) is 95.1 Å². The standard InChI is InChI=1S/C46H73N5O11/c1-43(2,3)59-39(54)30-47-21-22-48(31-40(55)60-44(4,5)6)25-26-50(33-42(57)62-46(10,11)12)35(29-49(24-23-47)32-41(56)61-45(7,8)9)28-34-14-16-36(17-15-34)58-27-13-20-51-37(52)18-19-38(51)53/h14-19,35H,13,20-33H2,1-12H3. The van der Waals surface area contributed by atoms with Gasteiger partial charge in [0.25, 0.3) is 11.8 Å². The van der Waals surface area contributed by atoms with E-state index in [2.05, 4.69) is 4.90 Å². The number of esters is 4. The molecule has 3 rings (SSSR count). The number of nitrogens with zero attached hydrogens (tertiary/aromatic N) is 5. The molecule has 1 atom stereocenters. The quantitative estimate of drug-likeness (QED) is 0.108. The van der Waals surface area contributed by atoms with Gasteiger partial charge in [0.1, 0.15) is 28.2 Å². The van der Waals surface area contributed by atoms with E-state index in [1.165, 1.54) is 17.1 Å². The zero-order valence-corrected chi connectivity index (χ0v) is 39.4. The summed E-state index contributed by atoms with van der Waals surface area (Å²) in [6.45, 7) is 25.0. The maximum absolute atomic E-state index is 13.6. The van der Waals surface area contributed by atoms with Crippen molar-refractivity contribution in [2.24, 2.45) is 0 Å². The molecule has 0 bridgehead atoms. The molecule has 62 heavy (non-hydrogen) atoms. The minimum Gasteiger partial charge on any atom is -0.494 e. The molecule has 0 N–H and O–H groups in total. The molecular weight excluding hydrogens is 799 g/mol. The van der Waals surface area contributed by atoms with Crippen molar-refractivity contribution in [1.29, 1.82) is 0 Å². The number of amides is 2. The molecule has 2 aliphatic rings. The summed E-state index contributed by atoms with van der Waals surface area (Å²) < 4.78 is 29.0. The van der Waals surface area contributed by atoms with Crippen LogP contribution >= 0.6 is 0 Å². The first-order valence-corrected chi connectivity index (χ1v) is 21.7. The molecule has 0 radical (unpaired) electrons. The summed E-state index contributed by atoms with van der Waals surface area (Å²) in [6.07, 6.45) is 3.46. The summed E-state index contributed by atoms with van der Waals surface area (Å²) in [5, 5.41) is 0. The van der Waals surface area contributed by atoms with E-state index in [0.29, 0.717) is 71.0 Å². The molecule has 16 heteroatoms. The number of hydrogen-bond donors (Lipinski definition) is 0. The fourth-order valence-electron chi connectivity index (χ4n) is 6.87. The SMILES string of the molecule is CC(C)(C)OC(=O)CN1CCN(CC(=O)OC(C)(C)C)CCN(CC(=O)OC(C)(C)C)C(Cc2ccc(OCCCN3C(=O)C=CC3=O)cc2)CN(CC(=O)OC(C)(C)C)CC1. The molecular formula is C46H73N5O11. The largest absolute Gasteiger partial charge is 0.494 e. The Morgan fingerprint density at radius 1 is 0.548 bits per heavy atom. The number of benzene rings is 1. The number of ether oxygens (including phenoxy) is 5. The Kier molecular flexibility index (Phi) is 19.1. The van der Waals surface area contributed by atoms with Crippen LogP contribution in [0.25, 0.3) is 0 Å². The van der Waals surface area contributed by atoms with Crippen molar-refractivity contribution in [2.75, 3.05) is 85.1 Å². The topological polar surface area (TPSA) is 165 Å². The zero-order chi connectivity index (χ0) is 46.5. The molecule has 2 heterocycles. The van der Waals surface area contributed by atoms with E-state index in [0.717, 1.165) is 5.56 Å². The fourth-order valence-corrected chi connectivity index (χ4v) is 6.87. The Hall–Kier alpha value is -4.38. The monoisotopic (exact) mass is 872 g/mol. The maximum Gasteiger partial charge on any atom is 0.320 e. The van der Waals surface area contributed by atoms with Gasteiger partial charge in [0, 0.05) is 70.6 Å². The summed E-state index contributed by atoms with van der Waals surface area (Å²) in [5.41, 5.74) is -1.87. The van der Waals surface area contributed by atoms with E-state index in [-0.39, 0.29) is 62.5 Å². The zero-order valence-electron chi connectivity index (χ0n) is 39.4. The van der Waals surface area contributed by atoms with E-state index >= 15 is 0 Å². The Labute approximate surface area is 369 Å². The number of imide groups is 1. The van der Waals surface area contributed by atoms with Gasteiger partial charge in [0.15, 0.2) is 0 Å². The van der Waals surface area contributed by atoms with Crippen molar-refractivity contribution in [3.05, 3.63) is 42.0 Å². The molecule has 1 fully saturated rings. The Balaban J connectivity index is 1.98. The smallest absolute Gasteiger partial charge is 0.320 e. The number of carbonyl (C=O) groups is 6. The van der Waals surface area contributed by atoms with Crippen molar-refractivity contribution in [3.63, 3.8) is 0 Å². The van der Waals surface area contributed by atoms with E-state index in [9.17, 15) is 28.8 Å². The molecule has 16 nitrogen and oxygen atoms in total. The van der Waals surface area contributed by atoms with Crippen LogP contribution in [0.2, 0.25) is 0 Å². The van der Waals surface area contributed by atoms with Crippen molar-refractivity contribution in [1.82, 2.24) is 24.5 Å². The van der Waals surface area contributed by atoms with Crippen LogP contribution in [0, 0.1) is 0 Å². The summed E-state index contributed by atoms with van der Waals surface area (Å²) in [4.78, 5) is 86.5. The number of rotatable bonds is 15. The Bertz CT molecular complexity index is 1690. The van der Waals surface area contributed by atoms with Gasteiger partial charge in [-0.2, -0.15) is 0 Å². The third-order valence-corrected chi connectivity index (χ3v) is 9.31. The van der Waals surface area contributed by atoms with Crippen LogP contribution in [0.5, 0.6) is 5.75 Å². The van der Waals surface area contributed by atoms with Crippen molar-refractivity contribution >= 4 is 35.7 Å². The Morgan fingerprint density at radius 2 is 0.935 bits per heavy atom. The molecule has 0 aromatic heterocycles. The van der Waals surface area contributed by atoms with Gasteiger partial charge in [-0.25, -0.2) is 0 Å². The van der Waals surface area contributed by atoms with E-state index in [1.807, 2.05) is 122 Å². The molecule has 348 valence electrons. The molecule has 0 spiro atoms. The number of carbonyl (C=O) groups excluding carboxylic acids is 6. The van der Waals surface area contributed by atoms with Crippen LogP contribution < -0.4 is 4.74 Å². The maximum atomic E-state index is 13.6. The van der Waals surface area contributed by atoms with Crippen molar-refractivity contribution in [3.8, 4) is 5.75 Å². The van der Waals surface area contributed by atoms with Crippen LogP contribution in [-0.2, 0) is 54.1 Å². The molecule has 2 aliphatic heterocycles. The van der Waals surface area contributed by atoms with Crippen LogP contribution in [0.3, 0.4) is 0 Å². The first-order chi connectivity index (χ1) is 28.6. The van der Waals surface area contributed by atoms with Crippen molar-refractivity contribution < 1.29 is 52.5 Å². The lowest BCUT2D eigenvalue weighted by atomic mass is 10.0. The minimum atomic E-state index is -0.728. The second-order valence-electron chi connectivity index (χ2n) is 20.0. The van der Waals surface area contributed by atoms with E-state index in [1.54, 1.807) is 0 Å². The van der Waals surface area contributed by atoms with E-state index in [4.69, 9.17) is 23.7 Å². The third kappa shape index (κ3) is 21.1. The van der Waals surface area contributed by atoms with Gasteiger partial charge < -0.3 is 23.7 Å². The van der Waals surface area contributed by atoms with Gasteiger partial charge in [-0.3, -0.25) is 53.3 Å². The first-order valence-electron chi connectivity index (χ1n) is 21.7. The lowest BCUT2D eigenvalue weighted by Crippen LogP contribution is -2.54. The molecule has 1 aromatic rings. The highest BCUT2D eigenvalue weighted by Crippen LogP contribution is 2.20. The van der Waals surface area contributed by atoms with Gasteiger partial charge in [-0.1, -0.05) is 12.1 Å². The van der Waals surface area contributed by atoms with E-state index < -0.39 is 34.3 Å². The Morgan fingerprint density at radius 3 is 1.37 bits per heavy atom. The summed E-state index contributed by atoms with van der Waals surface area (Å²) in [6, 6.07) is 7.26. The fraction of sp³-hybridized carbons (Fsp3) is 0.696. The van der Waals surface area contributed by atoms with Gasteiger partial charge >= 0.3 is 23.9 Å². The van der Waals surface area contributed by atoms with Crippen molar-refractivity contribution in [2.45, 2.75) is 124 Å². The molecule has 1 saturated heterocycles. The lowest BCUT2D eigenvalue weighted by Gasteiger charge is -2.39. The van der Waals surface area contributed by atoms with Crippen LogP contribution in [0.15, 0.2) is 36.4 Å². The molecule has 1 aromatic carbocycles. The highest BCUT2D eigenvalue weighted by Gasteiger charge is 2.31. The summed E-state index contributed by atoms with van der Waals surface area (Å²) in [5.74, 6) is -1.63. The van der Waals surface area contributed by atoms with Gasteiger partial charge in [0.2, 0.25) is 0 Å². The highest BCUT2D eigenvalue weighted by atomic mass is 16.6. The second kappa shape index (κ2) is 22.8. The average molecular weight is 872 g/mol. The molecule has 0 aliphatic carbocycles. The molecule has 1 unspecified atom stereocenters. The predicted octanol–water partition coefficient (Wildman–Crippen LogP) is 3.88. The number of hydrogen-bond acceptors (Lipinski definition) is 15. The average Bonchev–Trinajstić information content (AvgIpc) is 3.41. The van der Waals surface area contributed by atoms with Crippen LogP contribution in [-0.4, -0.2) is 174 Å².